The van der Waals surface area contributed by atoms with Gasteiger partial charge >= 0.3 is 11.0 Å². The number of thiophene rings is 1. The Morgan fingerprint density at radius 2 is 2.03 bits per heavy atom. The number of hydrogen-bond acceptors (Lipinski definition) is 8. The fourth-order valence-corrected chi connectivity index (χ4v) is 3.88. The normalized spacial score (nSPS) is 15.6. The minimum Gasteiger partial charge on any atom is -0.467 e. The van der Waals surface area contributed by atoms with E-state index in [2.05, 4.69) is 5.10 Å². The largest absolute Gasteiger partial charge is 0.467 e. The lowest BCUT2D eigenvalue weighted by Crippen LogP contribution is -2.31. The quantitative estimate of drug-likeness (QED) is 0.324. The molecule has 4 rings (SSSR count). The third-order valence-electron chi connectivity index (χ3n) is 4.72. The van der Waals surface area contributed by atoms with Gasteiger partial charge in [0.05, 0.1) is 16.9 Å². The van der Waals surface area contributed by atoms with Crippen molar-refractivity contribution in [1.29, 1.82) is 0 Å². The molecule has 1 aromatic carbocycles. The van der Waals surface area contributed by atoms with Gasteiger partial charge in [-0.15, -0.1) is 0 Å². The fourth-order valence-electron chi connectivity index (χ4n) is 3.16. The van der Waals surface area contributed by atoms with E-state index in [0.717, 1.165) is 16.8 Å². The Kier molecular flexibility index (Phi) is 5.63. The minimum absolute atomic E-state index is 0.0485. The van der Waals surface area contributed by atoms with E-state index in [4.69, 9.17) is 9.15 Å². The van der Waals surface area contributed by atoms with E-state index in [1.54, 1.807) is 12.1 Å². The Morgan fingerprint density at radius 1 is 1.26 bits per heavy atom. The van der Waals surface area contributed by atoms with E-state index in [1.165, 1.54) is 23.4 Å². The molecule has 2 aromatic heterocycles. The van der Waals surface area contributed by atoms with Gasteiger partial charge in [-0.05, 0) is 30.7 Å². The number of hydrogen-bond donors (Lipinski definition) is 0. The summed E-state index contributed by atoms with van der Waals surface area (Å²) in [5.41, 5.74) is 2.72. The van der Waals surface area contributed by atoms with Crippen LogP contribution in [0.25, 0.3) is 0 Å². The molecule has 1 aliphatic heterocycles. The lowest BCUT2D eigenvalue weighted by atomic mass is 10.0. The van der Waals surface area contributed by atoms with Crippen LogP contribution in [0.5, 0.6) is 0 Å². The second-order valence-corrected chi connectivity index (χ2v) is 7.92. The Hall–Kier alpha value is -3.79. The van der Waals surface area contributed by atoms with Gasteiger partial charge in [-0.2, -0.15) is 5.10 Å². The smallest absolute Gasteiger partial charge is 0.349 e. The van der Waals surface area contributed by atoms with Crippen LogP contribution in [0.3, 0.4) is 0 Å². The monoisotopic (exact) mass is 439 g/mol. The highest BCUT2D eigenvalue weighted by atomic mass is 32.1. The van der Waals surface area contributed by atoms with E-state index >= 15 is 0 Å². The van der Waals surface area contributed by atoms with Gasteiger partial charge < -0.3 is 9.15 Å². The van der Waals surface area contributed by atoms with E-state index in [-0.39, 0.29) is 9.88 Å². The predicted octanol–water partition coefficient (Wildman–Crippen LogP) is 4.09. The summed E-state index contributed by atoms with van der Waals surface area (Å²) in [7, 11) is 0. The second kappa shape index (κ2) is 8.52. The Labute approximate surface area is 180 Å². The van der Waals surface area contributed by atoms with Crippen molar-refractivity contribution in [2.45, 2.75) is 19.4 Å². The lowest BCUT2D eigenvalue weighted by molar-refractivity contribution is -0.380. The van der Waals surface area contributed by atoms with Gasteiger partial charge in [-0.3, -0.25) is 14.9 Å². The summed E-state index contributed by atoms with van der Waals surface area (Å²) in [5, 5.41) is 16.3. The van der Waals surface area contributed by atoms with Crippen LogP contribution in [0, 0.1) is 17.0 Å². The molecule has 0 saturated heterocycles. The molecule has 1 unspecified atom stereocenters. The van der Waals surface area contributed by atoms with Crippen LogP contribution in [0.15, 0.2) is 64.3 Å². The zero-order valence-corrected chi connectivity index (χ0v) is 17.2. The number of ether oxygens (including phenoxy) is 1. The van der Waals surface area contributed by atoms with Crippen LogP contribution >= 0.6 is 11.3 Å². The summed E-state index contributed by atoms with van der Waals surface area (Å²) in [6.45, 7) is 1.44. The van der Waals surface area contributed by atoms with E-state index < -0.39 is 29.4 Å². The Balaban J connectivity index is 1.49. The van der Waals surface area contributed by atoms with Gasteiger partial charge in [0.25, 0.3) is 5.91 Å². The highest BCUT2D eigenvalue weighted by Gasteiger charge is 2.35. The van der Waals surface area contributed by atoms with Crippen molar-refractivity contribution < 1.29 is 23.7 Å². The number of benzene rings is 1. The summed E-state index contributed by atoms with van der Waals surface area (Å²) < 4.78 is 10.6. The third-order valence-corrected chi connectivity index (χ3v) is 5.74. The molecule has 158 valence electrons. The topological polar surface area (TPSA) is 115 Å². The minimum atomic E-state index is -0.803. The van der Waals surface area contributed by atoms with Crippen molar-refractivity contribution in [3.63, 3.8) is 0 Å². The SMILES string of the molecule is Cc1ccc(C2=NN(C(=O)COC(=O)c3ccc([N+](=O)[O-])s3)C(c3ccco3)C2)cc1. The molecule has 3 heterocycles. The van der Waals surface area contributed by atoms with Crippen molar-refractivity contribution in [3.05, 3.63) is 86.7 Å². The highest BCUT2D eigenvalue weighted by molar-refractivity contribution is 7.17. The molecule has 0 saturated carbocycles. The van der Waals surface area contributed by atoms with Crippen LogP contribution in [-0.2, 0) is 9.53 Å². The fraction of sp³-hybridized carbons (Fsp3) is 0.190. The lowest BCUT2D eigenvalue weighted by Gasteiger charge is -2.19. The number of furan rings is 1. The van der Waals surface area contributed by atoms with E-state index in [9.17, 15) is 19.7 Å². The molecule has 0 bridgehead atoms. The maximum absolute atomic E-state index is 12.8. The molecule has 31 heavy (non-hydrogen) atoms. The van der Waals surface area contributed by atoms with Crippen molar-refractivity contribution in [1.82, 2.24) is 5.01 Å². The van der Waals surface area contributed by atoms with Crippen LogP contribution in [0.2, 0.25) is 0 Å². The summed E-state index contributed by atoms with van der Waals surface area (Å²) in [6.07, 6.45) is 1.97. The molecule has 1 atom stereocenters. The molecular weight excluding hydrogens is 422 g/mol. The number of aryl methyl sites for hydroxylation is 1. The molecule has 0 aliphatic carbocycles. The molecule has 0 radical (unpaired) electrons. The molecule has 3 aromatic rings. The molecular formula is C21H17N3O6S. The molecule has 0 fully saturated rings. The Bertz CT molecular complexity index is 1150. The zero-order valence-electron chi connectivity index (χ0n) is 16.4. The van der Waals surface area contributed by atoms with Gasteiger partial charge in [0, 0.05) is 12.5 Å². The van der Waals surface area contributed by atoms with E-state index in [1.807, 2.05) is 31.2 Å². The molecule has 1 amide bonds. The van der Waals surface area contributed by atoms with Gasteiger partial charge in [0.1, 0.15) is 16.7 Å². The molecule has 9 nitrogen and oxygen atoms in total. The molecule has 1 aliphatic rings. The number of nitrogens with zero attached hydrogens (tertiary/aromatic N) is 3. The van der Waals surface area contributed by atoms with Crippen molar-refractivity contribution in [2.24, 2.45) is 5.10 Å². The molecule has 0 spiro atoms. The van der Waals surface area contributed by atoms with E-state index in [0.29, 0.717) is 23.5 Å². The first-order chi connectivity index (χ1) is 14.9. The summed E-state index contributed by atoms with van der Waals surface area (Å²) in [6, 6.07) is 13.3. The zero-order chi connectivity index (χ0) is 22.0. The standard InChI is InChI=1S/C21H17N3O6S/c1-13-4-6-14(7-5-13)15-11-16(17-3-2-10-29-17)23(22-15)19(25)12-30-21(26)18-8-9-20(31-18)24(27)28/h2-10,16H,11-12H2,1H3. The van der Waals surface area contributed by atoms with Crippen molar-refractivity contribution in [3.8, 4) is 0 Å². The predicted molar refractivity (Wildman–Crippen MR) is 112 cm³/mol. The second-order valence-electron chi connectivity index (χ2n) is 6.86. The average molecular weight is 439 g/mol. The maximum atomic E-state index is 12.8. The number of carbonyl (C=O) groups excluding carboxylic acids is 2. The summed E-state index contributed by atoms with van der Waals surface area (Å²) in [5.74, 6) is -0.759. The van der Waals surface area contributed by atoms with Crippen LogP contribution < -0.4 is 0 Å². The number of nitro groups is 1. The molecule has 10 heteroatoms. The molecule has 0 N–H and O–H groups in total. The average Bonchev–Trinajstić information content (AvgIpc) is 3.52. The summed E-state index contributed by atoms with van der Waals surface area (Å²) in [4.78, 5) is 35.2. The van der Waals surface area contributed by atoms with Crippen LogP contribution in [0.1, 0.15) is 39.0 Å². The maximum Gasteiger partial charge on any atom is 0.349 e. The van der Waals surface area contributed by atoms with Gasteiger partial charge in [-0.25, -0.2) is 9.80 Å². The first kappa shape index (κ1) is 20.5. The van der Waals surface area contributed by atoms with Gasteiger partial charge in [0.15, 0.2) is 6.61 Å². The number of esters is 1. The van der Waals surface area contributed by atoms with Crippen molar-refractivity contribution in [2.75, 3.05) is 6.61 Å². The Morgan fingerprint density at radius 3 is 2.68 bits per heavy atom. The number of amides is 1. The number of hydrazone groups is 1. The van der Waals surface area contributed by atoms with Gasteiger partial charge in [0.2, 0.25) is 0 Å². The third kappa shape index (κ3) is 4.38. The first-order valence-corrected chi connectivity index (χ1v) is 10.2. The first-order valence-electron chi connectivity index (χ1n) is 9.33. The van der Waals surface area contributed by atoms with Gasteiger partial charge in [-0.1, -0.05) is 41.2 Å². The number of carbonyl (C=O) groups is 2. The highest BCUT2D eigenvalue weighted by Crippen LogP contribution is 2.33. The van der Waals surface area contributed by atoms with Crippen molar-refractivity contribution >= 4 is 33.9 Å². The summed E-state index contributed by atoms with van der Waals surface area (Å²) >= 11 is 0.689. The number of rotatable bonds is 6. The van der Waals surface area contributed by atoms with Crippen LogP contribution in [-0.4, -0.2) is 34.1 Å². The van der Waals surface area contributed by atoms with Crippen LogP contribution in [0.4, 0.5) is 5.00 Å².